The standard InChI is InChI=1S/C14H24N2O/c1-3-8-15-13-5-4-9-16(10-13)11-14-7-6-12(2)17-14/h6-7,13,15H,3-5,8-11H2,1-2H3. The van der Waals surface area contributed by atoms with Crippen molar-refractivity contribution in [3.63, 3.8) is 0 Å². The third-order valence-electron chi connectivity index (χ3n) is 3.36. The lowest BCUT2D eigenvalue weighted by molar-refractivity contribution is 0.171. The van der Waals surface area contributed by atoms with E-state index in [0.29, 0.717) is 6.04 Å². The zero-order valence-corrected chi connectivity index (χ0v) is 11.0. The van der Waals surface area contributed by atoms with Crippen molar-refractivity contribution < 1.29 is 4.42 Å². The summed E-state index contributed by atoms with van der Waals surface area (Å²) in [7, 11) is 0. The Morgan fingerprint density at radius 1 is 1.47 bits per heavy atom. The first-order chi connectivity index (χ1) is 8.28. The Labute approximate surface area is 104 Å². The van der Waals surface area contributed by atoms with Gasteiger partial charge in [-0.3, -0.25) is 4.90 Å². The first kappa shape index (κ1) is 12.7. The summed E-state index contributed by atoms with van der Waals surface area (Å²) in [5.41, 5.74) is 0. The van der Waals surface area contributed by atoms with Crippen LogP contribution in [-0.2, 0) is 6.54 Å². The van der Waals surface area contributed by atoms with Crippen LogP contribution < -0.4 is 5.32 Å². The summed E-state index contributed by atoms with van der Waals surface area (Å²) in [5, 5.41) is 3.62. The Bertz CT molecular complexity index is 335. The molecule has 0 bridgehead atoms. The van der Waals surface area contributed by atoms with Crippen LogP contribution in [0.15, 0.2) is 16.5 Å². The molecule has 17 heavy (non-hydrogen) atoms. The van der Waals surface area contributed by atoms with Gasteiger partial charge in [0.05, 0.1) is 6.54 Å². The van der Waals surface area contributed by atoms with Crippen molar-refractivity contribution in [2.75, 3.05) is 19.6 Å². The van der Waals surface area contributed by atoms with Crippen LogP contribution in [0.4, 0.5) is 0 Å². The molecule has 0 spiro atoms. The molecule has 96 valence electrons. The molecule has 1 aromatic heterocycles. The number of furan rings is 1. The van der Waals surface area contributed by atoms with Crippen LogP contribution in [0.3, 0.4) is 0 Å². The van der Waals surface area contributed by atoms with Crippen molar-refractivity contribution in [1.29, 1.82) is 0 Å². The van der Waals surface area contributed by atoms with E-state index in [4.69, 9.17) is 4.42 Å². The summed E-state index contributed by atoms with van der Waals surface area (Å²) in [6.07, 6.45) is 3.82. The number of likely N-dealkylation sites (tertiary alicyclic amines) is 1. The summed E-state index contributed by atoms with van der Waals surface area (Å²) in [5.74, 6) is 2.11. The molecule has 3 heteroatoms. The maximum absolute atomic E-state index is 5.64. The van der Waals surface area contributed by atoms with E-state index in [-0.39, 0.29) is 0 Å². The fraction of sp³-hybridized carbons (Fsp3) is 0.714. The number of piperidine rings is 1. The minimum Gasteiger partial charge on any atom is -0.465 e. The van der Waals surface area contributed by atoms with Gasteiger partial charge in [0, 0.05) is 12.6 Å². The molecular weight excluding hydrogens is 212 g/mol. The maximum Gasteiger partial charge on any atom is 0.118 e. The Hall–Kier alpha value is -0.800. The normalized spacial score (nSPS) is 21.9. The van der Waals surface area contributed by atoms with E-state index >= 15 is 0 Å². The molecule has 1 aromatic rings. The highest BCUT2D eigenvalue weighted by molar-refractivity contribution is 5.05. The van der Waals surface area contributed by atoms with Crippen molar-refractivity contribution >= 4 is 0 Å². The summed E-state index contributed by atoms with van der Waals surface area (Å²) < 4.78 is 5.64. The average molecular weight is 236 g/mol. The Balaban J connectivity index is 1.80. The first-order valence-electron chi connectivity index (χ1n) is 6.79. The van der Waals surface area contributed by atoms with Crippen LogP contribution >= 0.6 is 0 Å². The molecule has 1 fully saturated rings. The van der Waals surface area contributed by atoms with Crippen LogP contribution in [0.5, 0.6) is 0 Å². The minimum atomic E-state index is 0.666. The topological polar surface area (TPSA) is 28.4 Å². The van der Waals surface area contributed by atoms with E-state index in [1.54, 1.807) is 0 Å². The highest BCUT2D eigenvalue weighted by atomic mass is 16.3. The number of rotatable bonds is 5. The zero-order valence-electron chi connectivity index (χ0n) is 11.0. The van der Waals surface area contributed by atoms with E-state index in [1.165, 1.54) is 25.8 Å². The molecule has 0 aliphatic carbocycles. The largest absolute Gasteiger partial charge is 0.465 e. The van der Waals surface area contributed by atoms with Gasteiger partial charge in [0.25, 0.3) is 0 Å². The number of nitrogens with zero attached hydrogens (tertiary/aromatic N) is 1. The fourth-order valence-corrected chi connectivity index (χ4v) is 2.50. The first-order valence-corrected chi connectivity index (χ1v) is 6.79. The lowest BCUT2D eigenvalue weighted by Crippen LogP contribution is -2.45. The van der Waals surface area contributed by atoms with Gasteiger partial charge in [-0.1, -0.05) is 6.92 Å². The third kappa shape index (κ3) is 3.86. The highest BCUT2D eigenvalue weighted by Crippen LogP contribution is 2.15. The zero-order chi connectivity index (χ0) is 12.1. The van der Waals surface area contributed by atoms with Crippen LogP contribution in [0.25, 0.3) is 0 Å². The van der Waals surface area contributed by atoms with E-state index in [0.717, 1.165) is 31.2 Å². The van der Waals surface area contributed by atoms with E-state index in [2.05, 4.69) is 23.2 Å². The second-order valence-electron chi connectivity index (χ2n) is 5.04. The van der Waals surface area contributed by atoms with Gasteiger partial charge in [-0.15, -0.1) is 0 Å². The van der Waals surface area contributed by atoms with Gasteiger partial charge < -0.3 is 9.73 Å². The molecule has 1 N–H and O–H groups in total. The number of aryl methyl sites for hydroxylation is 1. The lowest BCUT2D eigenvalue weighted by atomic mass is 10.1. The predicted molar refractivity (Wildman–Crippen MR) is 70.0 cm³/mol. The predicted octanol–water partition coefficient (Wildman–Crippen LogP) is 2.55. The van der Waals surface area contributed by atoms with Crippen LogP contribution in [0, 0.1) is 6.92 Å². The molecule has 2 heterocycles. The molecular formula is C14H24N2O. The fourth-order valence-electron chi connectivity index (χ4n) is 2.50. The third-order valence-corrected chi connectivity index (χ3v) is 3.36. The number of nitrogens with one attached hydrogen (secondary N) is 1. The molecule has 2 rings (SSSR count). The van der Waals surface area contributed by atoms with Gasteiger partial charge in [0.1, 0.15) is 11.5 Å². The van der Waals surface area contributed by atoms with E-state index in [9.17, 15) is 0 Å². The van der Waals surface area contributed by atoms with Crippen molar-refractivity contribution in [2.24, 2.45) is 0 Å². The molecule has 1 unspecified atom stereocenters. The van der Waals surface area contributed by atoms with Crippen LogP contribution in [0.1, 0.15) is 37.7 Å². The van der Waals surface area contributed by atoms with Gasteiger partial charge in [0.15, 0.2) is 0 Å². The van der Waals surface area contributed by atoms with E-state index in [1.807, 2.05) is 13.0 Å². The molecule has 0 aromatic carbocycles. The molecule has 0 amide bonds. The van der Waals surface area contributed by atoms with Crippen molar-refractivity contribution in [3.05, 3.63) is 23.7 Å². The van der Waals surface area contributed by atoms with Gasteiger partial charge in [-0.2, -0.15) is 0 Å². The minimum absolute atomic E-state index is 0.666. The van der Waals surface area contributed by atoms with E-state index < -0.39 is 0 Å². The summed E-state index contributed by atoms with van der Waals surface area (Å²) in [6, 6.07) is 4.81. The van der Waals surface area contributed by atoms with Gasteiger partial charge in [-0.05, 0) is 51.4 Å². The Morgan fingerprint density at radius 3 is 3.06 bits per heavy atom. The smallest absolute Gasteiger partial charge is 0.118 e. The van der Waals surface area contributed by atoms with Crippen LogP contribution in [0.2, 0.25) is 0 Å². The second kappa shape index (κ2) is 6.22. The average Bonchev–Trinajstić information content (AvgIpc) is 2.73. The number of hydrogen-bond donors (Lipinski definition) is 1. The molecule has 1 aliphatic rings. The van der Waals surface area contributed by atoms with Gasteiger partial charge in [0.2, 0.25) is 0 Å². The molecule has 0 saturated carbocycles. The van der Waals surface area contributed by atoms with Crippen LogP contribution in [-0.4, -0.2) is 30.6 Å². The SMILES string of the molecule is CCCNC1CCCN(Cc2ccc(C)o2)C1. The highest BCUT2D eigenvalue weighted by Gasteiger charge is 2.19. The summed E-state index contributed by atoms with van der Waals surface area (Å²) >= 11 is 0. The second-order valence-corrected chi connectivity index (χ2v) is 5.04. The number of hydrogen-bond acceptors (Lipinski definition) is 3. The van der Waals surface area contributed by atoms with Gasteiger partial charge >= 0.3 is 0 Å². The quantitative estimate of drug-likeness (QED) is 0.851. The Morgan fingerprint density at radius 2 is 2.35 bits per heavy atom. The lowest BCUT2D eigenvalue weighted by Gasteiger charge is -2.32. The summed E-state index contributed by atoms with van der Waals surface area (Å²) in [4.78, 5) is 2.50. The van der Waals surface area contributed by atoms with Crippen molar-refractivity contribution in [2.45, 2.75) is 45.7 Å². The van der Waals surface area contributed by atoms with Gasteiger partial charge in [-0.25, -0.2) is 0 Å². The molecule has 1 aliphatic heterocycles. The molecule has 1 atom stereocenters. The molecule has 0 radical (unpaired) electrons. The van der Waals surface area contributed by atoms with Crippen molar-refractivity contribution in [3.8, 4) is 0 Å². The Kier molecular flexibility index (Phi) is 4.63. The molecule has 1 saturated heterocycles. The van der Waals surface area contributed by atoms with Crippen molar-refractivity contribution in [1.82, 2.24) is 10.2 Å². The summed E-state index contributed by atoms with van der Waals surface area (Å²) in [6.45, 7) is 8.67. The molecule has 3 nitrogen and oxygen atoms in total. The monoisotopic (exact) mass is 236 g/mol. The maximum atomic E-state index is 5.64.